The average molecular weight is 477 g/mol. The molecule has 0 saturated carbocycles. The van der Waals surface area contributed by atoms with Crippen LogP contribution in [-0.2, 0) is 19.2 Å². The highest BCUT2D eigenvalue weighted by molar-refractivity contribution is 5.92. The molecule has 0 rings (SSSR count). The molecule has 0 unspecified atom stereocenters. The second-order valence-corrected chi connectivity index (χ2v) is 4.68. The summed E-state index contributed by atoms with van der Waals surface area (Å²) in [5.74, 6) is -0.102. The van der Waals surface area contributed by atoms with Gasteiger partial charge in [0.25, 0.3) is 0 Å². The van der Waals surface area contributed by atoms with Crippen LogP contribution in [0.3, 0.4) is 0 Å². The topological polar surface area (TPSA) is 172 Å². The van der Waals surface area contributed by atoms with E-state index in [4.69, 9.17) is 22.9 Å². The van der Waals surface area contributed by atoms with Gasteiger partial charge in [0.1, 0.15) is 0 Å². The van der Waals surface area contributed by atoms with Crippen LogP contribution in [-0.4, -0.2) is 49.3 Å². The number of allylic oxidation sites excluding steroid dienone is 4. The molecule has 0 aliphatic rings. The summed E-state index contributed by atoms with van der Waals surface area (Å²) in [6.45, 7) is 7.60. The van der Waals surface area contributed by atoms with Crippen LogP contribution in [0.15, 0.2) is 48.6 Å². The number of nitrogens with two attached hydrogens (primary N) is 4. The van der Waals surface area contributed by atoms with Crippen molar-refractivity contribution in [3.05, 3.63) is 48.6 Å². The molecule has 0 heterocycles. The molecule has 12 heteroatoms. The zero-order valence-electron chi connectivity index (χ0n) is 19.0. The minimum Gasteiger partial charge on any atom is -0.324 e. The molecule has 0 aliphatic carbocycles. The molecular weight excluding hydrogens is 436 g/mol. The Morgan fingerprint density at radius 2 is 0.562 bits per heavy atom. The van der Waals surface area contributed by atoms with Crippen LogP contribution in [0.2, 0.25) is 0 Å². The molecule has 0 aliphatic heterocycles. The maximum atomic E-state index is 10.2. The molecule has 0 aromatic carbocycles. The van der Waals surface area contributed by atoms with Crippen LogP contribution in [0.25, 0.3) is 0 Å². The Bertz CT molecular complexity index is 458. The molecule has 0 atom stereocenters. The first kappa shape index (κ1) is 51.7. The predicted octanol–water partition coefficient (Wildman–Crippen LogP) is 0.971. The minimum atomic E-state index is -0.0255. The van der Waals surface area contributed by atoms with Crippen molar-refractivity contribution in [3.8, 4) is 0 Å². The van der Waals surface area contributed by atoms with E-state index < -0.39 is 0 Å². The van der Waals surface area contributed by atoms with Crippen LogP contribution in [0.4, 0.5) is 18.8 Å². The SMILES string of the molecule is C/C=C/C(=O)CN.C/C=C/C(=O)CN.C/C=C/C(=O)CN.C/C=C/C(=O)CN.F.F.F.F. The third kappa shape index (κ3) is 63.1. The maximum absolute atomic E-state index is 10.2. The van der Waals surface area contributed by atoms with Crippen LogP contribution in [0.5, 0.6) is 0 Å². The van der Waals surface area contributed by atoms with Gasteiger partial charge in [-0.05, 0) is 52.0 Å². The van der Waals surface area contributed by atoms with E-state index in [2.05, 4.69) is 0 Å². The first-order chi connectivity index (χ1) is 13.2. The summed E-state index contributed by atoms with van der Waals surface area (Å²) in [7, 11) is 0. The summed E-state index contributed by atoms with van der Waals surface area (Å²) < 4.78 is 0. The quantitative estimate of drug-likeness (QED) is 0.296. The van der Waals surface area contributed by atoms with Crippen molar-refractivity contribution in [1.29, 1.82) is 0 Å². The Kier molecular flexibility index (Phi) is 75.0. The number of halogens is 4. The molecule has 0 bridgehead atoms. The average Bonchev–Trinajstić information content (AvgIpc) is 2.70. The minimum absolute atomic E-state index is 0. The van der Waals surface area contributed by atoms with E-state index >= 15 is 0 Å². The van der Waals surface area contributed by atoms with E-state index in [0.29, 0.717) is 0 Å². The third-order valence-electron chi connectivity index (χ3n) is 2.21. The van der Waals surface area contributed by atoms with Gasteiger partial charge in [0.15, 0.2) is 23.1 Å². The third-order valence-corrected chi connectivity index (χ3v) is 2.21. The predicted molar refractivity (Wildman–Crippen MR) is 126 cm³/mol. The van der Waals surface area contributed by atoms with Gasteiger partial charge < -0.3 is 22.9 Å². The summed E-state index contributed by atoms with van der Waals surface area (Å²) in [4.78, 5) is 40.8. The van der Waals surface area contributed by atoms with Gasteiger partial charge >= 0.3 is 0 Å². The number of rotatable bonds is 8. The summed E-state index contributed by atoms with van der Waals surface area (Å²) in [6.07, 6.45) is 12.5. The van der Waals surface area contributed by atoms with Crippen LogP contribution in [0.1, 0.15) is 27.7 Å². The molecular formula is C20H40F4N4O4. The Hall–Kier alpha value is -2.80. The number of carbonyl (C=O) groups is 4. The van der Waals surface area contributed by atoms with Crippen LogP contribution < -0.4 is 22.9 Å². The molecule has 32 heavy (non-hydrogen) atoms. The van der Waals surface area contributed by atoms with Gasteiger partial charge in [0.05, 0.1) is 26.2 Å². The molecule has 8 N–H and O–H groups in total. The molecule has 0 amide bonds. The van der Waals surface area contributed by atoms with E-state index in [9.17, 15) is 19.2 Å². The van der Waals surface area contributed by atoms with Crippen LogP contribution in [0, 0.1) is 0 Å². The van der Waals surface area contributed by atoms with Gasteiger partial charge in [-0.1, -0.05) is 24.3 Å². The lowest BCUT2D eigenvalue weighted by Gasteiger charge is -1.79. The highest BCUT2D eigenvalue weighted by atomic mass is 19.0. The lowest BCUT2D eigenvalue weighted by Crippen LogP contribution is -2.09. The second kappa shape index (κ2) is 46.4. The van der Waals surface area contributed by atoms with Crippen molar-refractivity contribution in [3.63, 3.8) is 0 Å². The summed E-state index contributed by atoms with van der Waals surface area (Å²) in [5.41, 5.74) is 19.8. The Morgan fingerprint density at radius 3 is 0.594 bits per heavy atom. The Morgan fingerprint density at radius 1 is 0.438 bits per heavy atom. The first-order valence-electron chi connectivity index (χ1n) is 8.66. The fraction of sp³-hybridized carbons (Fsp3) is 0.400. The standard InChI is InChI=1S/4C5H9NO.4FH/c4*1-2-3-5(7)4-6;;;;/h4*2-3H,4,6H2,1H3;4*1H/b4*3-2+;;;;. The molecule has 8 nitrogen and oxygen atoms in total. The highest BCUT2D eigenvalue weighted by Gasteiger charge is 1.85. The van der Waals surface area contributed by atoms with Gasteiger partial charge in [0, 0.05) is 0 Å². The fourth-order valence-corrected chi connectivity index (χ4v) is 1.02. The van der Waals surface area contributed by atoms with E-state index in [1.165, 1.54) is 24.3 Å². The monoisotopic (exact) mass is 476 g/mol. The van der Waals surface area contributed by atoms with E-state index in [1.54, 1.807) is 52.0 Å². The molecule has 0 fully saturated rings. The molecule has 0 aromatic heterocycles. The van der Waals surface area contributed by atoms with Crippen molar-refractivity contribution in [2.45, 2.75) is 27.7 Å². The zero-order valence-corrected chi connectivity index (χ0v) is 19.0. The van der Waals surface area contributed by atoms with E-state index in [0.717, 1.165) is 0 Å². The highest BCUT2D eigenvalue weighted by Crippen LogP contribution is 1.71. The number of hydrogen-bond acceptors (Lipinski definition) is 8. The van der Waals surface area contributed by atoms with Crippen LogP contribution >= 0.6 is 0 Å². The van der Waals surface area contributed by atoms with Crippen molar-refractivity contribution >= 4 is 23.1 Å². The fourth-order valence-electron chi connectivity index (χ4n) is 1.02. The van der Waals surface area contributed by atoms with Crippen molar-refractivity contribution in [2.24, 2.45) is 22.9 Å². The van der Waals surface area contributed by atoms with E-state index in [-0.39, 0.29) is 68.1 Å². The van der Waals surface area contributed by atoms with Crippen molar-refractivity contribution < 1.29 is 38.0 Å². The van der Waals surface area contributed by atoms with Gasteiger partial charge in [-0.25, -0.2) is 0 Å². The molecule has 0 spiro atoms. The largest absolute Gasteiger partial charge is 0.324 e. The Labute approximate surface area is 187 Å². The molecule has 0 radical (unpaired) electrons. The summed E-state index contributed by atoms with van der Waals surface area (Å²) >= 11 is 0. The first-order valence-corrected chi connectivity index (χ1v) is 8.66. The number of ketones is 4. The summed E-state index contributed by atoms with van der Waals surface area (Å²) in [5, 5.41) is 0. The smallest absolute Gasteiger partial charge is 0.168 e. The molecule has 192 valence electrons. The van der Waals surface area contributed by atoms with Crippen molar-refractivity contribution in [2.75, 3.05) is 26.2 Å². The lowest BCUT2D eigenvalue weighted by atomic mass is 10.4. The lowest BCUT2D eigenvalue weighted by molar-refractivity contribution is -0.114. The number of carbonyl (C=O) groups excluding carboxylic acids is 4. The van der Waals surface area contributed by atoms with Gasteiger partial charge in [0.2, 0.25) is 0 Å². The second-order valence-electron chi connectivity index (χ2n) is 4.68. The zero-order chi connectivity index (χ0) is 22.8. The van der Waals surface area contributed by atoms with Gasteiger partial charge in [-0.2, -0.15) is 0 Å². The van der Waals surface area contributed by atoms with Gasteiger partial charge in [-0.15, -0.1) is 0 Å². The van der Waals surface area contributed by atoms with Crippen molar-refractivity contribution in [1.82, 2.24) is 0 Å². The normalized spacial score (nSPS) is 8.75. The molecule has 0 saturated heterocycles. The summed E-state index contributed by atoms with van der Waals surface area (Å²) in [6, 6.07) is 0. The van der Waals surface area contributed by atoms with E-state index in [1.807, 2.05) is 0 Å². The Balaban J connectivity index is -0.0000000384. The van der Waals surface area contributed by atoms with Gasteiger partial charge in [-0.3, -0.25) is 38.0 Å². The maximum Gasteiger partial charge on any atom is 0.168 e. The number of hydrogen-bond donors (Lipinski definition) is 4. The molecule has 0 aromatic rings.